The highest BCUT2D eigenvalue weighted by Crippen LogP contribution is 2.23. The number of hydrogen-bond acceptors (Lipinski definition) is 3. The SMILES string of the molecule is CCC1CN(c2ccc(C(=O)O)cc2)C(=O)O1. The quantitative estimate of drug-likeness (QED) is 0.871. The van der Waals surface area contributed by atoms with Gasteiger partial charge in [0.2, 0.25) is 0 Å². The molecule has 0 saturated carbocycles. The molecule has 0 aromatic heterocycles. The first-order chi connectivity index (χ1) is 8.11. The zero-order valence-corrected chi connectivity index (χ0v) is 9.42. The molecule has 5 heteroatoms. The highest BCUT2D eigenvalue weighted by atomic mass is 16.6. The molecule has 1 fully saturated rings. The third-order valence-electron chi connectivity index (χ3n) is 2.76. The van der Waals surface area contributed by atoms with E-state index in [2.05, 4.69) is 0 Å². The number of hydrogen-bond donors (Lipinski definition) is 1. The van der Waals surface area contributed by atoms with Crippen LogP contribution in [0.5, 0.6) is 0 Å². The number of amides is 1. The summed E-state index contributed by atoms with van der Waals surface area (Å²) in [5.41, 5.74) is 0.865. The maximum Gasteiger partial charge on any atom is 0.414 e. The van der Waals surface area contributed by atoms with E-state index >= 15 is 0 Å². The fraction of sp³-hybridized carbons (Fsp3) is 0.333. The highest BCUT2D eigenvalue weighted by Gasteiger charge is 2.30. The van der Waals surface area contributed by atoms with E-state index < -0.39 is 5.97 Å². The number of carbonyl (C=O) groups is 2. The molecule has 1 aliphatic heterocycles. The summed E-state index contributed by atoms with van der Waals surface area (Å²) in [6, 6.07) is 6.18. The molecule has 1 aliphatic rings. The van der Waals surface area contributed by atoms with Crippen molar-refractivity contribution in [1.29, 1.82) is 0 Å². The Bertz CT molecular complexity index is 440. The van der Waals surface area contributed by atoms with E-state index in [1.165, 1.54) is 17.0 Å². The molecule has 1 aromatic carbocycles. The minimum absolute atomic E-state index is 0.0818. The van der Waals surface area contributed by atoms with Gasteiger partial charge in [-0.2, -0.15) is 0 Å². The molecule has 17 heavy (non-hydrogen) atoms. The zero-order valence-electron chi connectivity index (χ0n) is 9.42. The summed E-state index contributed by atoms with van der Waals surface area (Å²) in [7, 11) is 0. The van der Waals surface area contributed by atoms with Gasteiger partial charge in [0.15, 0.2) is 0 Å². The molecule has 1 amide bonds. The van der Waals surface area contributed by atoms with E-state index in [1.807, 2.05) is 6.92 Å². The summed E-state index contributed by atoms with van der Waals surface area (Å²) >= 11 is 0. The van der Waals surface area contributed by atoms with Crippen molar-refractivity contribution in [3.8, 4) is 0 Å². The lowest BCUT2D eigenvalue weighted by Crippen LogP contribution is -2.24. The summed E-state index contributed by atoms with van der Waals surface area (Å²) in [4.78, 5) is 23.8. The van der Waals surface area contributed by atoms with Crippen molar-refractivity contribution in [3.05, 3.63) is 29.8 Å². The number of carbonyl (C=O) groups excluding carboxylic acids is 1. The standard InChI is InChI=1S/C12H13NO4/c1-2-10-7-13(12(16)17-10)9-5-3-8(4-6-9)11(14)15/h3-6,10H,2,7H2,1H3,(H,14,15). The van der Waals surface area contributed by atoms with E-state index in [0.717, 1.165) is 6.42 Å². The van der Waals surface area contributed by atoms with Crippen molar-refractivity contribution >= 4 is 17.7 Å². The number of nitrogens with zero attached hydrogens (tertiary/aromatic N) is 1. The normalized spacial score (nSPS) is 19.2. The first-order valence-corrected chi connectivity index (χ1v) is 5.43. The monoisotopic (exact) mass is 235 g/mol. The van der Waals surface area contributed by atoms with Crippen LogP contribution in [0.2, 0.25) is 0 Å². The van der Waals surface area contributed by atoms with E-state index in [1.54, 1.807) is 12.1 Å². The predicted molar refractivity (Wildman–Crippen MR) is 61.3 cm³/mol. The van der Waals surface area contributed by atoms with Crippen molar-refractivity contribution in [2.45, 2.75) is 19.4 Å². The molecule has 1 aromatic rings. The Morgan fingerprint density at radius 3 is 2.59 bits per heavy atom. The number of rotatable bonds is 3. The smallest absolute Gasteiger partial charge is 0.414 e. The van der Waals surface area contributed by atoms with Gasteiger partial charge in [-0.1, -0.05) is 6.92 Å². The van der Waals surface area contributed by atoms with E-state index in [-0.39, 0.29) is 17.8 Å². The van der Waals surface area contributed by atoms with Crippen molar-refractivity contribution in [2.24, 2.45) is 0 Å². The van der Waals surface area contributed by atoms with Crippen LogP contribution in [0.3, 0.4) is 0 Å². The van der Waals surface area contributed by atoms with E-state index in [4.69, 9.17) is 9.84 Å². The van der Waals surface area contributed by atoms with Gasteiger partial charge in [0.25, 0.3) is 0 Å². The Balaban J connectivity index is 2.18. The van der Waals surface area contributed by atoms with Gasteiger partial charge in [-0.05, 0) is 30.7 Å². The first-order valence-electron chi connectivity index (χ1n) is 5.43. The van der Waals surface area contributed by atoms with Gasteiger partial charge in [0, 0.05) is 5.69 Å². The van der Waals surface area contributed by atoms with Gasteiger partial charge in [-0.15, -0.1) is 0 Å². The first kappa shape index (κ1) is 11.4. The van der Waals surface area contributed by atoms with Gasteiger partial charge >= 0.3 is 12.1 Å². The van der Waals surface area contributed by atoms with Crippen LogP contribution in [0.1, 0.15) is 23.7 Å². The Morgan fingerprint density at radius 2 is 2.12 bits per heavy atom. The molecule has 0 radical (unpaired) electrons. The lowest BCUT2D eigenvalue weighted by atomic mass is 10.2. The van der Waals surface area contributed by atoms with Gasteiger partial charge in [-0.3, -0.25) is 4.90 Å². The molecule has 1 atom stereocenters. The molecule has 2 rings (SSSR count). The topological polar surface area (TPSA) is 66.8 Å². The van der Waals surface area contributed by atoms with E-state index in [9.17, 15) is 9.59 Å². The number of benzene rings is 1. The Morgan fingerprint density at radius 1 is 1.47 bits per heavy atom. The predicted octanol–water partition coefficient (Wildman–Crippen LogP) is 2.12. The van der Waals surface area contributed by atoms with Crippen molar-refractivity contribution < 1.29 is 19.4 Å². The summed E-state index contributed by atoms with van der Waals surface area (Å²) in [5.74, 6) is -0.980. The van der Waals surface area contributed by atoms with Crippen LogP contribution in [-0.4, -0.2) is 29.8 Å². The molecular formula is C12H13NO4. The molecule has 1 N–H and O–H groups in total. The molecular weight excluding hydrogens is 222 g/mol. The van der Waals surface area contributed by atoms with Crippen molar-refractivity contribution in [2.75, 3.05) is 11.4 Å². The second-order valence-corrected chi connectivity index (χ2v) is 3.88. The van der Waals surface area contributed by atoms with Gasteiger partial charge in [0.05, 0.1) is 12.1 Å². The minimum atomic E-state index is -0.980. The summed E-state index contributed by atoms with van der Waals surface area (Å²) in [6.45, 7) is 2.47. The van der Waals surface area contributed by atoms with Crippen LogP contribution in [0.4, 0.5) is 10.5 Å². The molecule has 1 unspecified atom stereocenters. The summed E-state index contributed by atoms with van der Waals surface area (Å²) in [5, 5.41) is 8.77. The largest absolute Gasteiger partial charge is 0.478 e. The molecule has 1 saturated heterocycles. The second-order valence-electron chi connectivity index (χ2n) is 3.88. The zero-order chi connectivity index (χ0) is 12.4. The van der Waals surface area contributed by atoms with Crippen LogP contribution in [0.15, 0.2) is 24.3 Å². The average Bonchev–Trinajstić information content (AvgIpc) is 2.71. The van der Waals surface area contributed by atoms with Crippen LogP contribution in [0.25, 0.3) is 0 Å². The molecule has 0 aliphatic carbocycles. The van der Waals surface area contributed by atoms with Crippen molar-refractivity contribution in [3.63, 3.8) is 0 Å². The number of cyclic esters (lactones) is 1. The average molecular weight is 235 g/mol. The third-order valence-corrected chi connectivity index (χ3v) is 2.76. The highest BCUT2D eigenvalue weighted by molar-refractivity contribution is 5.92. The number of carboxylic acid groups (broad SMARTS) is 1. The number of anilines is 1. The minimum Gasteiger partial charge on any atom is -0.478 e. The lowest BCUT2D eigenvalue weighted by Gasteiger charge is -2.12. The van der Waals surface area contributed by atoms with Crippen LogP contribution in [-0.2, 0) is 4.74 Å². The second kappa shape index (κ2) is 4.45. The van der Waals surface area contributed by atoms with Crippen LogP contribution >= 0.6 is 0 Å². The van der Waals surface area contributed by atoms with Gasteiger partial charge in [-0.25, -0.2) is 9.59 Å². The summed E-state index contributed by atoms with van der Waals surface area (Å²) in [6.07, 6.45) is 0.316. The molecule has 5 nitrogen and oxygen atoms in total. The number of carboxylic acids is 1. The fourth-order valence-corrected chi connectivity index (χ4v) is 1.73. The molecule has 0 spiro atoms. The fourth-order valence-electron chi connectivity index (χ4n) is 1.73. The molecule has 1 heterocycles. The van der Waals surface area contributed by atoms with Gasteiger partial charge in [0.1, 0.15) is 6.10 Å². The number of ether oxygens (including phenoxy) is 1. The molecule has 0 bridgehead atoms. The maximum atomic E-state index is 11.6. The molecule has 90 valence electrons. The maximum absolute atomic E-state index is 11.6. The lowest BCUT2D eigenvalue weighted by molar-refractivity contribution is 0.0697. The summed E-state index contributed by atoms with van der Waals surface area (Å²) < 4.78 is 5.13. The Hall–Kier alpha value is -2.04. The Kier molecular flexibility index (Phi) is 2.99. The van der Waals surface area contributed by atoms with Crippen molar-refractivity contribution in [1.82, 2.24) is 0 Å². The third kappa shape index (κ3) is 2.22. The van der Waals surface area contributed by atoms with E-state index in [0.29, 0.717) is 12.2 Å². The number of aromatic carboxylic acids is 1. The Labute approximate surface area is 98.6 Å². The van der Waals surface area contributed by atoms with Crippen LogP contribution < -0.4 is 4.90 Å². The van der Waals surface area contributed by atoms with Crippen LogP contribution in [0, 0.1) is 0 Å². The van der Waals surface area contributed by atoms with Gasteiger partial charge < -0.3 is 9.84 Å².